The minimum absolute atomic E-state index is 0.0443. The molecule has 0 atom stereocenters. The number of thiocarbonyl (C=S) groups is 1. The summed E-state index contributed by atoms with van der Waals surface area (Å²) in [6.45, 7) is 3.09. The summed E-state index contributed by atoms with van der Waals surface area (Å²) >= 11 is 10.8. The molecule has 0 aromatic heterocycles. The van der Waals surface area contributed by atoms with Gasteiger partial charge in [-0.25, -0.2) is 8.78 Å². The summed E-state index contributed by atoms with van der Waals surface area (Å²) in [6.07, 6.45) is 1.45. The fourth-order valence-corrected chi connectivity index (χ4v) is 3.36. The number of nitrogens with one attached hydrogen (secondary N) is 1. The fourth-order valence-electron chi connectivity index (χ4n) is 3.08. The van der Waals surface area contributed by atoms with Crippen molar-refractivity contribution in [2.45, 2.75) is 6.54 Å². The number of nitrogens with zero attached hydrogens (tertiary/aromatic N) is 3. The molecule has 1 saturated heterocycles. The first-order valence-corrected chi connectivity index (χ1v) is 9.51. The van der Waals surface area contributed by atoms with Crippen LogP contribution in [0.15, 0.2) is 41.5 Å². The molecule has 3 N–H and O–H groups in total. The number of nitrogens with two attached hydrogens (primary N) is 1. The molecule has 9 heteroatoms. The second-order valence-corrected chi connectivity index (χ2v) is 7.26. The summed E-state index contributed by atoms with van der Waals surface area (Å²) in [7, 11) is 0. The summed E-state index contributed by atoms with van der Waals surface area (Å²) < 4.78 is 28.5. The average Bonchev–Trinajstić information content (AvgIpc) is 2.65. The Bertz CT molecular complexity index is 864. The maximum atomic E-state index is 14.5. The van der Waals surface area contributed by atoms with Gasteiger partial charge in [-0.15, -0.1) is 0 Å². The fraction of sp³-hybridized carbons (Fsp3) is 0.263. The van der Waals surface area contributed by atoms with E-state index in [1.807, 2.05) is 4.90 Å². The van der Waals surface area contributed by atoms with Crippen LogP contribution in [-0.4, -0.2) is 42.4 Å². The molecule has 5 nitrogen and oxygen atoms in total. The van der Waals surface area contributed by atoms with Crippen molar-refractivity contribution in [3.8, 4) is 0 Å². The molecule has 3 rings (SSSR count). The highest BCUT2D eigenvalue weighted by Crippen LogP contribution is 2.24. The number of hydrazone groups is 1. The van der Waals surface area contributed by atoms with E-state index in [9.17, 15) is 8.78 Å². The number of piperazine rings is 1. The van der Waals surface area contributed by atoms with Crippen molar-refractivity contribution in [2.75, 3.05) is 31.1 Å². The number of hydrogen-bond donors (Lipinski definition) is 2. The number of benzene rings is 2. The van der Waals surface area contributed by atoms with Crippen LogP contribution < -0.4 is 16.1 Å². The van der Waals surface area contributed by atoms with E-state index in [-0.39, 0.29) is 16.7 Å². The molecule has 2 aromatic carbocycles. The van der Waals surface area contributed by atoms with Crippen LogP contribution in [0.2, 0.25) is 5.02 Å². The van der Waals surface area contributed by atoms with E-state index in [2.05, 4.69) is 27.6 Å². The van der Waals surface area contributed by atoms with Gasteiger partial charge >= 0.3 is 0 Å². The number of rotatable bonds is 5. The van der Waals surface area contributed by atoms with E-state index in [4.69, 9.17) is 17.3 Å². The summed E-state index contributed by atoms with van der Waals surface area (Å²) in [5.41, 5.74) is 9.33. The van der Waals surface area contributed by atoms with Gasteiger partial charge in [0.2, 0.25) is 0 Å². The molecule has 0 radical (unpaired) electrons. The molecule has 1 aliphatic heterocycles. The number of halogens is 3. The van der Waals surface area contributed by atoms with Crippen LogP contribution in [0.1, 0.15) is 11.1 Å². The molecule has 0 saturated carbocycles. The van der Waals surface area contributed by atoms with Crippen LogP contribution in [0, 0.1) is 11.6 Å². The van der Waals surface area contributed by atoms with Crippen molar-refractivity contribution >= 4 is 40.8 Å². The molecule has 2 aromatic rings. The van der Waals surface area contributed by atoms with Gasteiger partial charge < -0.3 is 10.6 Å². The Morgan fingerprint density at radius 1 is 1.18 bits per heavy atom. The van der Waals surface area contributed by atoms with Gasteiger partial charge in [0.25, 0.3) is 0 Å². The Labute approximate surface area is 172 Å². The summed E-state index contributed by atoms with van der Waals surface area (Å²) in [4.78, 5) is 4.09. The monoisotopic (exact) mass is 423 g/mol. The van der Waals surface area contributed by atoms with E-state index in [0.29, 0.717) is 54.6 Å². The Morgan fingerprint density at radius 3 is 2.57 bits per heavy atom. The zero-order chi connectivity index (χ0) is 20.1. The zero-order valence-electron chi connectivity index (χ0n) is 15.0. The first-order chi connectivity index (χ1) is 13.4. The molecular formula is C19H20ClF2N5S. The number of anilines is 1. The van der Waals surface area contributed by atoms with Crippen molar-refractivity contribution < 1.29 is 8.78 Å². The lowest BCUT2D eigenvalue weighted by atomic mass is 10.1. The topological polar surface area (TPSA) is 56.9 Å². The molecule has 28 heavy (non-hydrogen) atoms. The normalized spacial score (nSPS) is 15.2. The van der Waals surface area contributed by atoms with E-state index in [1.54, 1.807) is 24.3 Å². The maximum Gasteiger partial charge on any atom is 0.184 e. The van der Waals surface area contributed by atoms with Crippen molar-refractivity contribution in [1.29, 1.82) is 0 Å². The van der Waals surface area contributed by atoms with Gasteiger partial charge in [0.15, 0.2) is 5.11 Å². The molecule has 148 valence electrons. The third kappa shape index (κ3) is 5.15. The van der Waals surface area contributed by atoms with Crippen LogP contribution in [0.4, 0.5) is 14.5 Å². The Hall–Kier alpha value is -2.29. The molecule has 0 unspecified atom stereocenters. The highest BCUT2D eigenvalue weighted by molar-refractivity contribution is 7.80. The summed E-state index contributed by atoms with van der Waals surface area (Å²) in [6, 6.07) is 9.60. The first kappa shape index (κ1) is 20.4. The third-order valence-electron chi connectivity index (χ3n) is 4.52. The highest BCUT2D eigenvalue weighted by atomic mass is 35.5. The second-order valence-electron chi connectivity index (χ2n) is 6.41. The lowest BCUT2D eigenvalue weighted by molar-refractivity contribution is 0.246. The second kappa shape index (κ2) is 9.27. The van der Waals surface area contributed by atoms with Crippen LogP contribution in [-0.2, 0) is 6.54 Å². The van der Waals surface area contributed by atoms with Gasteiger partial charge in [-0.3, -0.25) is 10.3 Å². The van der Waals surface area contributed by atoms with Gasteiger partial charge in [0, 0.05) is 43.3 Å². The predicted molar refractivity (Wildman–Crippen MR) is 113 cm³/mol. The lowest BCUT2D eigenvalue weighted by Gasteiger charge is -2.36. The molecule has 0 aliphatic carbocycles. The summed E-state index contributed by atoms with van der Waals surface area (Å²) in [5.74, 6) is -0.631. The first-order valence-electron chi connectivity index (χ1n) is 8.72. The average molecular weight is 424 g/mol. The quantitative estimate of drug-likeness (QED) is 0.439. The molecule has 1 aliphatic rings. The van der Waals surface area contributed by atoms with Crippen LogP contribution >= 0.6 is 23.8 Å². The Balaban J connectivity index is 1.60. The van der Waals surface area contributed by atoms with Crippen LogP contribution in [0.3, 0.4) is 0 Å². The SMILES string of the molecule is NC(=S)NN=Cc1ccc(N2CCN(Cc3c(F)cccc3Cl)CC2)c(F)c1. The lowest BCUT2D eigenvalue weighted by Crippen LogP contribution is -2.46. The standard InChI is InChI=1S/C19H20ClF2N5S/c20-15-2-1-3-16(21)14(15)12-26-6-8-27(9-7-26)18-5-4-13(10-17(18)22)11-24-25-19(23)28/h1-5,10-11H,6-9,12H2,(H3,23,25,28). The maximum absolute atomic E-state index is 14.5. The van der Waals surface area contributed by atoms with Gasteiger partial charge in [0.05, 0.1) is 11.9 Å². The van der Waals surface area contributed by atoms with E-state index in [1.165, 1.54) is 18.3 Å². The molecule has 1 heterocycles. The smallest absolute Gasteiger partial charge is 0.184 e. The van der Waals surface area contributed by atoms with Crippen molar-refractivity contribution in [1.82, 2.24) is 10.3 Å². The van der Waals surface area contributed by atoms with Crippen molar-refractivity contribution in [3.05, 3.63) is 64.2 Å². The van der Waals surface area contributed by atoms with Crippen molar-refractivity contribution in [2.24, 2.45) is 10.8 Å². The minimum atomic E-state index is -0.329. The molecule has 0 bridgehead atoms. The third-order valence-corrected chi connectivity index (χ3v) is 4.96. The largest absolute Gasteiger partial charge is 0.375 e. The molecular weight excluding hydrogens is 404 g/mol. The van der Waals surface area contributed by atoms with Gasteiger partial charge in [-0.2, -0.15) is 5.10 Å². The van der Waals surface area contributed by atoms with Gasteiger partial charge in [-0.1, -0.05) is 23.7 Å². The summed E-state index contributed by atoms with van der Waals surface area (Å²) in [5, 5.41) is 4.29. The van der Waals surface area contributed by atoms with Gasteiger partial charge in [0.1, 0.15) is 11.6 Å². The number of hydrogen-bond acceptors (Lipinski definition) is 4. The highest BCUT2D eigenvalue weighted by Gasteiger charge is 2.21. The Morgan fingerprint density at radius 2 is 1.93 bits per heavy atom. The van der Waals surface area contributed by atoms with E-state index >= 15 is 0 Å². The van der Waals surface area contributed by atoms with E-state index in [0.717, 1.165) is 0 Å². The van der Waals surface area contributed by atoms with Gasteiger partial charge in [-0.05, 0) is 42.0 Å². The van der Waals surface area contributed by atoms with Crippen LogP contribution in [0.25, 0.3) is 0 Å². The Kier molecular flexibility index (Phi) is 6.77. The minimum Gasteiger partial charge on any atom is -0.375 e. The van der Waals surface area contributed by atoms with Crippen molar-refractivity contribution in [3.63, 3.8) is 0 Å². The van der Waals surface area contributed by atoms with Crippen LogP contribution in [0.5, 0.6) is 0 Å². The molecule has 0 spiro atoms. The predicted octanol–water partition coefficient (Wildman–Crippen LogP) is 3.11. The van der Waals surface area contributed by atoms with E-state index < -0.39 is 0 Å². The molecule has 1 fully saturated rings. The molecule has 0 amide bonds. The zero-order valence-corrected chi connectivity index (χ0v) is 16.6.